The summed E-state index contributed by atoms with van der Waals surface area (Å²) in [6, 6.07) is 9.64. The van der Waals surface area contributed by atoms with Crippen molar-refractivity contribution in [3.05, 3.63) is 76.3 Å². The molecule has 40 heavy (non-hydrogen) atoms. The zero-order valence-corrected chi connectivity index (χ0v) is 24.9. The highest BCUT2D eigenvalue weighted by atomic mass is 35.5. The normalized spacial score (nSPS) is 14.6. The Morgan fingerprint density at radius 1 is 0.975 bits per heavy atom. The monoisotopic (exact) mass is 581 g/mol. The number of phenolic OH excluding ortho intramolecular Hbond substituents is 1. The van der Waals surface area contributed by atoms with Crippen LogP contribution in [0.3, 0.4) is 0 Å². The van der Waals surface area contributed by atoms with Gasteiger partial charge in [-0.2, -0.15) is 0 Å². The molecule has 1 aliphatic rings. The predicted molar refractivity (Wildman–Crippen MR) is 162 cm³/mol. The maximum Gasteiger partial charge on any atom is 0.332 e. The molecule has 0 saturated carbocycles. The number of hydrogen-bond acceptors (Lipinski definition) is 6. The van der Waals surface area contributed by atoms with Crippen LogP contribution in [-0.4, -0.2) is 62.1 Å². The lowest BCUT2D eigenvalue weighted by molar-refractivity contribution is 0.128. The van der Waals surface area contributed by atoms with Crippen molar-refractivity contribution in [3.8, 4) is 33.7 Å². The number of aromatic nitrogens is 3. The first-order valence-electron chi connectivity index (χ1n) is 13.1. The van der Waals surface area contributed by atoms with Gasteiger partial charge < -0.3 is 14.6 Å². The molecule has 0 bridgehead atoms. The van der Waals surface area contributed by atoms with Crippen LogP contribution < -0.4 is 10.6 Å². The van der Waals surface area contributed by atoms with Gasteiger partial charge in [-0.15, -0.1) is 11.8 Å². The fraction of sp³-hybridized carbons (Fsp3) is 0.333. The molecular formula is C30H33ClFN5O2S. The second-order valence-corrected chi connectivity index (χ2v) is 12.2. The summed E-state index contributed by atoms with van der Waals surface area (Å²) < 4.78 is 17.9. The zero-order valence-electron chi connectivity index (χ0n) is 23.3. The summed E-state index contributed by atoms with van der Waals surface area (Å²) in [6.45, 7) is 10.3. The Morgan fingerprint density at radius 2 is 1.65 bits per heavy atom. The van der Waals surface area contributed by atoms with E-state index in [1.54, 1.807) is 55.6 Å². The largest absolute Gasteiger partial charge is 0.507 e. The van der Waals surface area contributed by atoms with E-state index in [9.17, 15) is 9.90 Å². The highest BCUT2D eigenvalue weighted by molar-refractivity contribution is 7.98. The molecule has 1 fully saturated rings. The van der Waals surface area contributed by atoms with Gasteiger partial charge in [-0.3, -0.25) is 9.47 Å². The number of thioether (sulfide) groups is 1. The van der Waals surface area contributed by atoms with Crippen LogP contribution in [0, 0.1) is 5.82 Å². The molecule has 210 valence electrons. The molecule has 4 aromatic rings. The number of aromatic hydroxyl groups is 1. The van der Waals surface area contributed by atoms with Crippen LogP contribution in [0.2, 0.25) is 5.02 Å². The number of imidazole rings is 1. The van der Waals surface area contributed by atoms with E-state index in [-0.39, 0.29) is 17.0 Å². The maximum absolute atomic E-state index is 15.0. The Hall–Kier alpha value is -3.27. The van der Waals surface area contributed by atoms with Gasteiger partial charge in [-0.25, -0.2) is 14.2 Å². The Bertz CT molecular complexity index is 1620. The molecule has 10 heteroatoms. The van der Waals surface area contributed by atoms with Gasteiger partial charge in [0, 0.05) is 74.0 Å². The minimum atomic E-state index is -0.489. The minimum absolute atomic E-state index is 0.0655. The minimum Gasteiger partial charge on any atom is -0.507 e. The maximum atomic E-state index is 15.0. The Morgan fingerprint density at radius 3 is 2.23 bits per heavy atom. The van der Waals surface area contributed by atoms with Crippen molar-refractivity contribution in [3.63, 3.8) is 0 Å². The third kappa shape index (κ3) is 5.38. The zero-order chi connectivity index (χ0) is 28.8. The van der Waals surface area contributed by atoms with Crippen molar-refractivity contribution in [2.24, 2.45) is 7.05 Å². The van der Waals surface area contributed by atoms with E-state index in [1.807, 2.05) is 12.3 Å². The molecule has 0 spiro atoms. The van der Waals surface area contributed by atoms with Crippen molar-refractivity contribution in [1.82, 2.24) is 19.0 Å². The number of aryl methyl sites for hydroxylation is 1. The first kappa shape index (κ1) is 28.3. The molecule has 1 N–H and O–H groups in total. The molecule has 0 atom stereocenters. The molecule has 3 heterocycles. The van der Waals surface area contributed by atoms with Crippen LogP contribution in [0.25, 0.3) is 27.9 Å². The van der Waals surface area contributed by atoms with Crippen LogP contribution in [0.4, 0.5) is 10.1 Å². The molecule has 0 amide bonds. The fourth-order valence-corrected chi connectivity index (χ4v) is 5.97. The van der Waals surface area contributed by atoms with Crippen molar-refractivity contribution < 1.29 is 9.50 Å². The van der Waals surface area contributed by atoms with Crippen LogP contribution in [0.1, 0.15) is 20.8 Å². The fourth-order valence-electron chi connectivity index (χ4n) is 5.15. The number of benzene rings is 2. The molecule has 5 rings (SSSR count). The average Bonchev–Trinajstić information content (AvgIpc) is 3.26. The van der Waals surface area contributed by atoms with Gasteiger partial charge in [0.15, 0.2) is 0 Å². The Labute approximate surface area is 242 Å². The molecule has 0 aliphatic carbocycles. The lowest BCUT2D eigenvalue weighted by Gasteiger charge is -2.43. The van der Waals surface area contributed by atoms with Crippen LogP contribution in [0.5, 0.6) is 5.75 Å². The summed E-state index contributed by atoms with van der Waals surface area (Å²) in [5.41, 5.74) is 3.16. The van der Waals surface area contributed by atoms with Crippen LogP contribution in [-0.2, 0) is 7.05 Å². The van der Waals surface area contributed by atoms with Crippen molar-refractivity contribution in [2.75, 3.05) is 37.3 Å². The Kier molecular flexibility index (Phi) is 7.74. The van der Waals surface area contributed by atoms with E-state index < -0.39 is 5.82 Å². The molecule has 2 aromatic carbocycles. The molecule has 1 aliphatic heterocycles. The van der Waals surface area contributed by atoms with Gasteiger partial charge in [0.1, 0.15) is 16.6 Å². The standard InChI is InChI=1S/C30H33ClFN5O2S/c1-30(2,3)36-11-9-35(10-12-36)26-15-20(18-33-28(26)40-5)23-17-21(32)16-22(27(23)38)19-6-7-25(24(31)14-19)37-13-8-34(4)29(37)39/h6-8,13-18,38H,9-12H2,1-5H3. The van der Waals surface area contributed by atoms with E-state index >= 15 is 4.39 Å². The Balaban J connectivity index is 1.51. The summed E-state index contributed by atoms with van der Waals surface area (Å²) in [5.74, 6) is -0.555. The molecular weight excluding hydrogens is 549 g/mol. The van der Waals surface area contributed by atoms with E-state index in [0.717, 1.165) is 36.9 Å². The van der Waals surface area contributed by atoms with Crippen molar-refractivity contribution in [1.29, 1.82) is 0 Å². The number of rotatable bonds is 5. The number of pyridine rings is 1. The number of piperazine rings is 1. The lowest BCUT2D eigenvalue weighted by Crippen LogP contribution is -2.53. The topological polar surface area (TPSA) is 66.5 Å². The van der Waals surface area contributed by atoms with Gasteiger partial charge in [0.25, 0.3) is 0 Å². The molecule has 0 unspecified atom stereocenters. The van der Waals surface area contributed by atoms with Crippen molar-refractivity contribution >= 4 is 29.1 Å². The summed E-state index contributed by atoms with van der Waals surface area (Å²) in [4.78, 5) is 21.8. The summed E-state index contributed by atoms with van der Waals surface area (Å²) in [5, 5.41) is 12.6. The number of phenols is 1. The quantitative estimate of drug-likeness (QED) is 0.290. The number of halogens is 2. The van der Waals surface area contributed by atoms with Gasteiger partial charge in [0.05, 0.1) is 16.4 Å². The molecule has 1 saturated heterocycles. The molecule has 2 aromatic heterocycles. The lowest BCUT2D eigenvalue weighted by atomic mass is 9.97. The summed E-state index contributed by atoms with van der Waals surface area (Å²) in [6.07, 6.45) is 6.95. The second-order valence-electron chi connectivity index (χ2n) is 11.0. The first-order valence-corrected chi connectivity index (χ1v) is 14.7. The highest BCUT2D eigenvalue weighted by Crippen LogP contribution is 2.42. The summed E-state index contributed by atoms with van der Waals surface area (Å²) >= 11 is 8.12. The van der Waals surface area contributed by atoms with E-state index in [0.29, 0.717) is 33.0 Å². The van der Waals surface area contributed by atoms with Gasteiger partial charge in [-0.05, 0) is 62.9 Å². The third-order valence-electron chi connectivity index (χ3n) is 7.45. The predicted octanol–water partition coefficient (Wildman–Crippen LogP) is 6.05. The SMILES string of the molecule is CSc1ncc(-c2cc(F)cc(-c3ccc(-n4ccn(C)c4=O)c(Cl)c3)c2O)cc1N1CCN(C(C)(C)C)CC1. The van der Waals surface area contributed by atoms with Crippen LogP contribution >= 0.6 is 23.4 Å². The van der Waals surface area contributed by atoms with E-state index in [1.165, 1.54) is 21.3 Å². The molecule has 7 nitrogen and oxygen atoms in total. The highest BCUT2D eigenvalue weighted by Gasteiger charge is 2.27. The second kappa shape index (κ2) is 11.0. The first-order chi connectivity index (χ1) is 19.0. The van der Waals surface area contributed by atoms with E-state index in [4.69, 9.17) is 11.6 Å². The van der Waals surface area contributed by atoms with E-state index in [2.05, 4.69) is 35.6 Å². The van der Waals surface area contributed by atoms with Crippen LogP contribution in [0.15, 0.2) is 64.8 Å². The number of anilines is 1. The molecule has 0 radical (unpaired) electrons. The average molecular weight is 582 g/mol. The number of nitrogens with zero attached hydrogens (tertiary/aromatic N) is 5. The van der Waals surface area contributed by atoms with Gasteiger partial charge in [0.2, 0.25) is 0 Å². The summed E-state index contributed by atoms with van der Waals surface area (Å²) in [7, 11) is 1.66. The van der Waals surface area contributed by atoms with Gasteiger partial charge >= 0.3 is 5.69 Å². The third-order valence-corrected chi connectivity index (χ3v) is 8.45. The number of hydrogen-bond donors (Lipinski definition) is 1. The van der Waals surface area contributed by atoms with Crippen molar-refractivity contribution in [2.45, 2.75) is 31.3 Å². The smallest absolute Gasteiger partial charge is 0.332 e. The van der Waals surface area contributed by atoms with Gasteiger partial charge in [-0.1, -0.05) is 17.7 Å².